The third-order valence-corrected chi connectivity index (χ3v) is 3.45. The predicted molar refractivity (Wildman–Crippen MR) is 48.0 cm³/mol. The first-order valence-electron chi connectivity index (χ1n) is 4.68. The Kier molecular flexibility index (Phi) is 4.63. The molecule has 0 unspecified atom stereocenters. The average Bonchev–Trinajstić information content (AvgIpc) is 2.36. The van der Waals surface area contributed by atoms with Crippen molar-refractivity contribution in [2.24, 2.45) is 0 Å². The number of alkyl halides is 7. The molecular formula is C9F12S. The Morgan fingerprint density at radius 3 is 1.05 bits per heavy atom. The first-order chi connectivity index (χ1) is 9.65. The van der Waals surface area contributed by atoms with Gasteiger partial charge in [0.25, 0.3) is 0 Å². The van der Waals surface area contributed by atoms with E-state index < -0.39 is 63.1 Å². The van der Waals surface area contributed by atoms with Crippen LogP contribution in [0, 0.1) is 29.1 Å². The fourth-order valence-electron chi connectivity index (χ4n) is 1.09. The van der Waals surface area contributed by atoms with E-state index in [4.69, 9.17) is 0 Å². The molecule has 0 amide bonds. The van der Waals surface area contributed by atoms with Gasteiger partial charge >= 0.3 is 17.4 Å². The number of thioether (sulfide) groups is 1. The molecule has 0 N–H and O–H groups in total. The zero-order valence-electron chi connectivity index (χ0n) is 9.44. The van der Waals surface area contributed by atoms with Crippen LogP contribution in [0.1, 0.15) is 0 Å². The van der Waals surface area contributed by atoms with E-state index in [0.717, 1.165) is 0 Å². The van der Waals surface area contributed by atoms with Gasteiger partial charge in [0.1, 0.15) is 0 Å². The minimum absolute atomic E-state index is 2.22. The number of rotatable bonds is 2. The molecule has 0 radical (unpaired) electrons. The van der Waals surface area contributed by atoms with Crippen molar-refractivity contribution in [2.75, 3.05) is 0 Å². The maximum Gasteiger partial charge on any atom is 0.441 e. The summed E-state index contributed by atoms with van der Waals surface area (Å²) in [7, 11) is 0. The fourth-order valence-corrected chi connectivity index (χ4v) is 1.96. The van der Waals surface area contributed by atoms with Crippen LogP contribution in [0.3, 0.4) is 0 Å². The largest absolute Gasteiger partial charge is 0.441 e. The van der Waals surface area contributed by atoms with Gasteiger partial charge in [-0.15, -0.1) is 0 Å². The summed E-state index contributed by atoms with van der Waals surface area (Å²) in [6, 6.07) is 0. The summed E-state index contributed by atoms with van der Waals surface area (Å²) in [5, 5.41) is -6.28. The SMILES string of the molecule is Fc1c(F)c(F)c(SC(F)(C(F)(F)F)C(F)(F)F)c(F)c1F. The van der Waals surface area contributed by atoms with Crippen LogP contribution in [-0.4, -0.2) is 17.4 Å². The van der Waals surface area contributed by atoms with Crippen LogP contribution in [0.4, 0.5) is 52.7 Å². The molecule has 0 nitrogen and oxygen atoms in total. The summed E-state index contributed by atoms with van der Waals surface area (Å²) in [5.74, 6) is -14.5. The van der Waals surface area contributed by atoms with Gasteiger partial charge in [-0.1, -0.05) is 11.8 Å². The van der Waals surface area contributed by atoms with Crippen LogP contribution in [0.25, 0.3) is 0 Å². The van der Waals surface area contributed by atoms with Gasteiger partial charge in [0.2, 0.25) is 5.82 Å². The van der Waals surface area contributed by atoms with Crippen molar-refractivity contribution in [3.8, 4) is 0 Å². The normalized spacial score (nSPS) is 13.6. The van der Waals surface area contributed by atoms with Gasteiger partial charge in [-0.2, -0.15) is 26.3 Å². The molecule has 1 aromatic rings. The maximum atomic E-state index is 13.3. The molecule has 1 aromatic carbocycles. The fraction of sp³-hybridized carbons (Fsp3) is 0.333. The molecule has 0 saturated heterocycles. The van der Waals surface area contributed by atoms with E-state index in [1.165, 1.54) is 0 Å². The summed E-state index contributed by atoms with van der Waals surface area (Å²) in [6.07, 6.45) is -13.5. The Morgan fingerprint density at radius 2 is 0.773 bits per heavy atom. The molecule has 0 heterocycles. The molecular weight excluding hydrogens is 368 g/mol. The minimum Gasteiger partial charge on any atom is -0.211 e. The molecule has 0 aromatic heterocycles. The first kappa shape index (κ1) is 18.8. The lowest BCUT2D eigenvalue weighted by molar-refractivity contribution is -0.302. The quantitative estimate of drug-likeness (QED) is 0.297. The lowest BCUT2D eigenvalue weighted by Gasteiger charge is -2.29. The number of benzene rings is 1. The molecule has 0 atom stereocenters. The smallest absolute Gasteiger partial charge is 0.211 e. The lowest BCUT2D eigenvalue weighted by Crippen LogP contribution is -2.50. The highest BCUT2D eigenvalue weighted by molar-refractivity contribution is 8.00. The highest BCUT2D eigenvalue weighted by Gasteiger charge is 2.74. The molecule has 0 bridgehead atoms. The van der Waals surface area contributed by atoms with Crippen LogP contribution in [0.2, 0.25) is 0 Å². The van der Waals surface area contributed by atoms with Crippen molar-refractivity contribution >= 4 is 11.8 Å². The second-order valence-corrected chi connectivity index (χ2v) is 4.77. The highest BCUT2D eigenvalue weighted by atomic mass is 32.2. The molecule has 0 aliphatic heterocycles. The minimum atomic E-state index is -6.74. The lowest BCUT2D eigenvalue weighted by atomic mass is 10.3. The second-order valence-electron chi connectivity index (χ2n) is 3.59. The van der Waals surface area contributed by atoms with Crippen molar-refractivity contribution in [3.63, 3.8) is 0 Å². The topological polar surface area (TPSA) is 0 Å². The number of hydrogen-bond acceptors (Lipinski definition) is 1. The summed E-state index contributed by atoms with van der Waals surface area (Å²) in [4.78, 5) is -2.64. The van der Waals surface area contributed by atoms with Gasteiger partial charge in [0.05, 0.1) is 4.90 Å². The van der Waals surface area contributed by atoms with Crippen molar-refractivity contribution in [1.29, 1.82) is 0 Å². The van der Waals surface area contributed by atoms with E-state index in [1.54, 1.807) is 0 Å². The maximum absolute atomic E-state index is 13.3. The summed E-state index contributed by atoms with van der Waals surface area (Å²) >= 11 is -2.22. The second kappa shape index (κ2) is 5.42. The van der Waals surface area contributed by atoms with Crippen molar-refractivity contribution < 1.29 is 52.7 Å². The Labute approximate surface area is 117 Å². The van der Waals surface area contributed by atoms with Crippen LogP contribution >= 0.6 is 11.8 Å². The predicted octanol–water partition coefficient (Wildman–Crippen LogP) is 5.26. The van der Waals surface area contributed by atoms with Gasteiger partial charge in [-0.25, -0.2) is 26.3 Å². The average molecular weight is 368 g/mol. The molecule has 0 saturated carbocycles. The standard InChI is InChI=1S/C9F12S/c10-1-2(11)4(13)6(5(14)3(1)12)22-7(15,8(16,17)18)9(19,20)21. The van der Waals surface area contributed by atoms with E-state index in [1.807, 2.05) is 0 Å². The van der Waals surface area contributed by atoms with Crippen molar-refractivity contribution in [1.82, 2.24) is 0 Å². The van der Waals surface area contributed by atoms with Gasteiger partial charge in [-0.05, 0) is 0 Å². The molecule has 22 heavy (non-hydrogen) atoms. The van der Waals surface area contributed by atoms with E-state index in [9.17, 15) is 52.7 Å². The first-order valence-corrected chi connectivity index (χ1v) is 5.49. The van der Waals surface area contributed by atoms with E-state index in [-0.39, 0.29) is 0 Å². The van der Waals surface area contributed by atoms with Crippen molar-refractivity contribution in [2.45, 2.75) is 22.2 Å². The van der Waals surface area contributed by atoms with Crippen LogP contribution in [0.15, 0.2) is 4.90 Å². The van der Waals surface area contributed by atoms with E-state index in [0.29, 0.717) is 0 Å². The number of halogens is 12. The molecule has 0 aliphatic carbocycles. The molecule has 1 rings (SSSR count). The molecule has 0 spiro atoms. The van der Waals surface area contributed by atoms with Crippen molar-refractivity contribution in [3.05, 3.63) is 29.1 Å². The Balaban J connectivity index is 3.58. The van der Waals surface area contributed by atoms with E-state index >= 15 is 0 Å². The number of hydrogen-bond donors (Lipinski definition) is 0. The monoisotopic (exact) mass is 368 g/mol. The third-order valence-electron chi connectivity index (χ3n) is 2.14. The Morgan fingerprint density at radius 1 is 0.500 bits per heavy atom. The zero-order chi connectivity index (χ0) is 17.7. The van der Waals surface area contributed by atoms with Gasteiger partial charge in [0.15, 0.2) is 23.3 Å². The molecule has 0 fully saturated rings. The zero-order valence-corrected chi connectivity index (χ0v) is 10.3. The summed E-state index contributed by atoms with van der Waals surface area (Å²) in [6.45, 7) is 0. The van der Waals surface area contributed by atoms with Crippen LogP contribution in [-0.2, 0) is 0 Å². The Bertz CT molecular complexity index is 543. The van der Waals surface area contributed by atoms with Gasteiger partial charge in [-0.3, -0.25) is 0 Å². The van der Waals surface area contributed by atoms with E-state index in [2.05, 4.69) is 0 Å². The molecule has 126 valence electrons. The highest BCUT2D eigenvalue weighted by Crippen LogP contribution is 2.56. The summed E-state index contributed by atoms with van der Waals surface area (Å²) < 4.78 is 151. The van der Waals surface area contributed by atoms with Crippen LogP contribution in [0.5, 0.6) is 0 Å². The third kappa shape index (κ3) is 2.82. The van der Waals surface area contributed by atoms with Gasteiger partial charge in [0, 0.05) is 0 Å². The molecule has 0 aliphatic rings. The van der Waals surface area contributed by atoms with Crippen LogP contribution < -0.4 is 0 Å². The Hall–Kier alpha value is -1.27. The summed E-state index contributed by atoms with van der Waals surface area (Å²) in [5.41, 5.74) is 0. The van der Waals surface area contributed by atoms with Gasteiger partial charge < -0.3 is 0 Å². The molecule has 13 heteroatoms.